The van der Waals surface area contributed by atoms with Crippen LogP contribution in [0.4, 0.5) is 0 Å². The van der Waals surface area contributed by atoms with E-state index < -0.39 is 0 Å². The fourth-order valence-electron chi connectivity index (χ4n) is 2.45. The van der Waals surface area contributed by atoms with Crippen LogP contribution in [0.5, 0.6) is 0 Å². The molecule has 0 aromatic heterocycles. The minimum absolute atomic E-state index is 0.627. The van der Waals surface area contributed by atoms with E-state index in [1.54, 1.807) is 0 Å². The fraction of sp³-hybridized carbons (Fsp3) is 0.923. The number of thioether (sulfide) groups is 1. The molecule has 1 atom stereocenters. The van der Waals surface area contributed by atoms with Crippen molar-refractivity contribution in [3.63, 3.8) is 0 Å². The molecule has 0 amide bonds. The molecule has 1 N–H and O–H groups in total. The second kappa shape index (κ2) is 6.64. The molecule has 17 heavy (non-hydrogen) atoms. The summed E-state index contributed by atoms with van der Waals surface area (Å²) in [6.07, 6.45) is 4.02. The van der Waals surface area contributed by atoms with Crippen LogP contribution in [0, 0.1) is 5.92 Å². The van der Waals surface area contributed by atoms with E-state index in [1.807, 2.05) is 11.8 Å². The van der Waals surface area contributed by atoms with Crippen molar-refractivity contribution in [1.29, 1.82) is 0 Å². The first-order valence-corrected chi connectivity index (χ1v) is 7.90. The number of likely N-dealkylation sites (tertiary alicyclic amines) is 1. The standard InChI is InChI=1S/C13H25N3S/c1-11(2)12-5-10-17-13(15-12)14-6-9-16-7-3-4-8-16/h11-12H,3-10H2,1-2H3,(H,14,15). The quantitative estimate of drug-likeness (QED) is 0.834. The average Bonchev–Trinajstić information content (AvgIpc) is 2.82. The van der Waals surface area contributed by atoms with Crippen LogP contribution in [-0.2, 0) is 0 Å². The maximum atomic E-state index is 4.71. The average molecular weight is 255 g/mol. The van der Waals surface area contributed by atoms with E-state index in [4.69, 9.17) is 4.99 Å². The molecule has 0 radical (unpaired) electrons. The van der Waals surface area contributed by atoms with Crippen molar-refractivity contribution in [2.24, 2.45) is 10.9 Å². The molecule has 0 aliphatic carbocycles. The lowest BCUT2D eigenvalue weighted by atomic mass is 10.0. The SMILES string of the molecule is CC(C)C1CCSC(=NCCN2CCCC2)N1. The van der Waals surface area contributed by atoms with E-state index >= 15 is 0 Å². The third-order valence-electron chi connectivity index (χ3n) is 3.65. The van der Waals surface area contributed by atoms with Gasteiger partial charge in [-0.15, -0.1) is 0 Å². The predicted molar refractivity (Wildman–Crippen MR) is 76.8 cm³/mol. The number of amidine groups is 1. The number of aliphatic imine (C=N–C) groups is 1. The van der Waals surface area contributed by atoms with E-state index in [0.717, 1.165) is 13.1 Å². The van der Waals surface area contributed by atoms with E-state index in [0.29, 0.717) is 12.0 Å². The van der Waals surface area contributed by atoms with Gasteiger partial charge in [-0.1, -0.05) is 25.6 Å². The Morgan fingerprint density at radius 3 is 2.88 bits per heavy atom. The largest absolute Gasteiger partial charge is 0.362 e. The van der Waals surface area contributed by atoms with Gasteiger partial charge in [0.1, 0.15) is 0 Å². The molecule has 0 aromatic carbocycles. The van der Waals surface area contributed by atoms with Crippen LogP contribution in [0.25, 0.3) is 0 Å². The highest BCUT2D eigenvalue weighted by molar-refractivity contribution is 8.13. The minimum Gasteiger partial charge on any atom is -0.362 e. The van der Waals surface area contributed by atoms with Gasteiger partial charge in [-0.3, -0.25) is 4.99 Å². The van der Waals surface area contributed by atoms with E-state index in [-0.39, 0.29) is 0 Å². The Labute approximate surface area is 109 Å². The Balaban J connectivity index is 1.72. The lowest BCUT2D eigenvalue weighted by molar-refractivity contribution is 0.349. The Morgan fingerprint density at radius 2 is 2.18 bits per heavy atom. The van der Waals surface area contributed by atoms with Gasteiger partial charge < -0.3 is 10.2 Å². The molecular formula is C13H25N3S. The van der Waals surface area contributed by atoms with Crippen molar-refractivity contribution < 1.29 is 0 Å². The Kier molecular flexibility index (Phi) is 5.16. The lowest BCUT2D eigenvalue weighted by Crippen LogP contribution is -2.41. The third-order valence-corrected chi connectivity index (χ3v) is 4.61. The van der Waals surface area contributed by atoms with Crippen LogP contribution in [-0.4, -0.2) is 48.0 Å². The Hall–Kier alpha value is -0.220. The summed E-state index contributed by atoms with van der Waals surface area (Å²) >= 11 is 1.89. The zero-order valence-corrected chi connectivity index (χ0v) is 11.9. The maximum absolute atomic E-state index is 4.71. The molecule has 2 fully saturated rings. The molecule has 0 bridgehead atoms. The van der Waals surface area contributed by atoms with Crippen molar-refractivity contribution in [2.45, 2.75) is 39.2 Å². The normalized spacial score (nSPS) is 28.9. The summed E-state index contributed by atoms with van der Waals surface area (Å²) in [6, 6.07) is 0.627. The van der Waals surface area contributed by atoms with Gasteiger partial charge in [0, 0.05) is 18.3 Å². The highest BCUT2D eigenvalue weighted by Gasteiger charge is 2.20. The summed E-state index contributed by atoms with van der Waals surface area (Å²) in [5, 5.41) is 4.75. The smallest absolute Gasteiger partial charge is 0.156 e. The highest BCUT2D eigenvalue weighted by Crippen LogP contribution is 2.18. The number of hydrogen-bond donors (Lipinski definition) is 1. The molecule has 1 unspecified atom stereocenters. The second-order valence-corrected chi connectivity index (χ2v) is 6.45. The van der Waals surface area contributed by atoms with Crippen molar-refractivity contribution in [1.82, 2.24) is 10.2 Å². The van der Waals surface area contributed by atoms with Crippen LogP contribution >= 0.6 is 11.8 Å². The second-order valence-electron chi connectivity index (χ2n) is 5.37. The molecule has 2 rings (SSSR count). The third kappa shape index (κ3) is 4.18. The van der Waals surface area contributed by atoms with Crippen molar-refractivity contribution in [2.75, 3.05) is 31.9 Å². The first-order chi connectivity index (χ1) is 8.25. The molecular weight excluding hydrogens is 230 g/mol. The van der Waals surface area contributed by atoms with Crippen molar-refractivity contribution in [3.05, 3.63) is 0 Å². The van der Waals surface area contributed by atoms with Crippen LogP contribution in [0.15, 0.2) is 4.99 Å². The number of hydrogen-bond acceptors (Lipinski definition) is 3. The number of nitrogens with zero attached hydrogens (tertiary/aromatic N) is 2. The lowest BCUT2D eigenvalue weighted by Gasteiger charge is -2.28. The van der Waals surface area contributed by atoms with Gasteiger partial charge in [-0.2, -0.15) is 0 Å². The Morgan fingerprint density at radius 1 is 1.41 bits per heavy atom. The molecule has 2 aliphatic heterocycles. The molecule has 0 saturated carbocycles. The van der Waals surface area contributed by atoms with Crippen LogP contribution < -0.4 is 5.32 Å². The highest BCUT2D eigenvalue weighted by atomic mass is 32.2. The van der Waals surface area contributed by atoms with Gasteiger partial charge in [0.05, 0.1) is 6.54 Å². The zero-order valence-electron chi connectivity index (χ0n) is 11.1. The Bertz CT molecular complexity index is 259. The first-order valence-electron chi connectivity index (χ1n) is 6.92. The van der Waals surface area contributed by atoms with E-state index in [9.17, 15) is 0 Å². The van der Waals surface area contributed by atoms with Gasteiger partial charge in [-0.25, -0.2) is 0 Å². The minimum atomic E-state index is 0.627. The number of nitrogens with one attached hydrogen (secondary N) is 1. The zero-order chi connectivity index (χ0) is 12.1. The van der Waals surface area contributed by atoms with E-state index in [2.05, 4.69) is 24.1 Å². The molecule has 4 heteroatoms. The molecule has 2 aliphatic rings. The summed E-state index contributed by atoms with van der Waals surface area (Å²) in [7, 11) is 0. The van der Waals surface area contributed by atoms with Gasteiger partial charge in [-0.05, 0) is 38.3 Å². The van der Waals surface area contributed by atoms with Crippen molar-refractivity contribution >= 4 is 16.9 Å². The fourth-order valence-corrected chi connectivity index (χ4v) is 3.43. The molecule has 0 aromatic rings. The van der Waals surface area contributed by atoms with Crippen LogP contribution in [0.3, 0.4) is 0 Å². The van der Waals surface area contributed by atoms with Gasteiger partial charge in [0.25, 0.3) is 0 Å². The van der Waals surface area contributed by atoms with Crippen LogP contribution in [0.2, 0.25) is 0 Å². The molecule has 0 spiro atoms. The molecule has 98 valence electrons. The molecule has 2 heterocycles. The van der Waals surface area contributed by atoms with Gasteiger partial charge in [0.2, 0.25) is 0 Å². The topological polar surface area (TPSA) is 27.6 Å². The van der Waals surface area contributed by atoms with Gasteiger partial charge >= 0.3 is 0 Å². The van der Waals surface area contributed by atoms with Gasteiger partial charge in [0.15, 0.2) is 5.17 Å². The summed E-state index contributed by atoms with van der Waals surface area (Å²) < 4.78 is 0. The molecule has 3 nitrogen and oxygen atoms in total. The summed E-state index contributed by atoms with van der Waals surface area (Å²) in [5.74, 6) is 1.93. The summed E-state index contributed by atoms with van der Waals surface area (Å²) in [6.45, 7) is 9.23. The summed E-state index contributed by atoms with van der Waals surface area (Å²) in [5.41, 5.74) is 0. The van der Waals surface area contributed by atoms with E-state index in [1.165, 1.54) is 43.3 Å². The molecule has 2 saturated heterocycles. The monoisotopic (exact) mass is 255 g/mol. The first kappa shape index (κ1) is 13.2. The van der Waals surface area contributed by atoms with Crippen LogP contribution in [0.1, 0.15) is 33.1 Å². The predicted octanol–water partition coefficient (Wildman–Crippen LogP) is 2.19. The summed E-state index contributed by atoms with van der Waals surface area (Å²) in [4.78, 5) is 7.23. The maximum Gasteiger partial charge on any atom is 0.156 e. The number of rotatable bonds is 4. The van der Waals surface area contributed by atoms with Crippen molar-refractivity contribution in [3.8, 4) is 0 Å².